The normalized spacial score (nSPS) is 16.6. The lowest BCUT2D eigenvalue weighted by molar-refractivity contribution is 0.489. The molecule has 1 aliphatic heterocycles. The fraction of sp³-hybridized carbons (Fsp3) is 0.692. The highest BCUT2D eigenvalue weighted by molar-refractivity contribution is 5.79. The quantitative estimate of drug-likeness (QED) is 0.627. The first-order valence-corrected chi connectivity index (χ1v) is 6.97. The number of piperidine rings is 1. The van der Waals surface area contributed by atoms with Gasteiger partial charge in [0.15, 0.2) is 0 Å². The molecule has 1 saturated heterocycles. The van der Waals surface area contributed by atoms with E-state index >= 15 is 0 Å². The van der Waals surface area contributed by atoms with Crippen LogP contribution < -0.4 is 10.6 Å². The molecule has 6 nitrogen and oxygen atoms in total. The average molecular weight is 262 g/mol. The van der Waals surface area contributed by atoms with E-state index in [1.54, 1.807) is 0 Å². The van der Waals surface area contributed by atoms with Crippen LogP contribution in [0.5, 0.6) is 0 Å². The Hall–Kier alpha value is -1.72. The first-order chi connectivity index (χ1) is 9.15. The number of aryl methyl sites for hydroxylation is 2. The van der Waals surface area contributed by atoms with Crippen LogP contribution in [-0.4, -0.2) is 34.1 Å². The van der Waals surface area contributed by atoms with E-state index in [1.807, 2.05) is 0 Å². The van der Waals surface area contributed by atoms with Gasteiger partial charge in [0.1, 0.15) is 0 Å². The van der Waals surface area contributed by atoms with Crippen molar-refractivity contribution in [3.63, 3.8) is 0 Å². The number of nitrogens with two attached hydrogens (primary N) is 1. The summed E-state index contributed by atoms with van der Waals surface area (Å²) in [6.45, 7) is 5.86. The molecule has 0 unspecified atom stereocenters. The van der Waals surface area contributed by atoms with Gasteiger partial charge in [-0.25, -0.2) is 4.98 Å². The van der Waals surface area contributed by atoms with Gasteiger partial charge in [-0.3, -0.25) is 5.41 Å². The maximum absolute atomic E-state index is 7.49. The lowest BCUT2D eigenvalue weighted by atomic mass is 9.96. The summed E-state index contributed by atoms with van der Waals surface area (Å²) < 4.78 is 0. The summed E-state index contributed by atoms with van der Waals surface area (Å²) in [7, 11) is 0. The van der Waals surface area contributed by atoms with E-state index in [0.29, 0.717) is 5.84 Å². The van der Waals surface area contributed by atoms with Crippen molar-refractivity contribution in [3.8, 4) is 0 Å². The van der Waals surface area contributed by atoms with Crippen molar-refractivity contribution in [1.82, 2.24) is 15.2 Å². The molecule has 2 heterocycles. The predicted molar refractivity (Wildman–Crippen MR) is 75.4 cm³/mol. The van der Waals surface area contributed by atoms with Crippen LogP contribution in [0, 0.1) is 11.3 Å². The van der Waals surface area contributed by atoms with E-state index in [0.717, 1.165) is 56.1 Å². The molecule has 0 aromatic carbocycles. The van der Waals surface area contributed by atoms with Crippen LogP contribution in [0.3, 0.4) is 0 Å². The zero-order valence-corrected chi connectivity index (χ0v) is 11.7. The Bertz CT molecular complexity index is 450. The van der Waals surface area contributed by atoms with Gasteiger partial charge in [0.2, 0.25) is 5.95 Å². The van der Waals surface area contributed by atoms with E-state index in [4.69, 9.17) is 11.1 Å². The first-order valence-electron chi connectivity index (χ1n) is 6.97. The van der Waals surface area contributed by atoms with Gasteiger partial charge in [0.25, 0.3) is 0 Å². The van der Waals surface area contributed by atoms with Crippen molar-refractivity contribution >= 4 is 11.8 Å². The van der Waals surface area contributed by atoms with Gasteiger partial charge in [-0.05, 0) is 25.7 Å². The molecule has 0 atom stereocenters. The van der Waals surface area contributed by atoms with E-state index in [-0.39, 0.29) is 5.92 Å². The van der Waals surface area contributed by atoms with Gasteiger partial charge < -0.3 is 10.6 Å². The highest BCUT2D eigenvalue weighted by Crippen LogP contribution is 2.20. The van der Waals surface area contributed by atoms with Gasteiger partial charge in [0.05, 0.1) is 17.2 Å². The number of rotatable bonds is 4. The van der Waals surface area contributed by atoms with Crippen LogP contribution in [0.1, 0.15) is 38.1 Å². The lowest BCUT2D eigenvalue weighted by Gasteiger charge is -2.31. The Kier molecular flexibility index (Phi) is 4.29. The van der Waals surface area contributed by atoms with E-state index < -0.39 is 0 Å². The van der Waals surface area contributed by atoms with Gasteiger partial charge >= 0.3 is 0 Å². The molecular weight excluding hydrogens is 240 g/mol. The molecule has 104 valence electrons. The molecule has 19 heavy (non-hydrogen) atoms. The van der Waals surface area contributed by atoms with Gasteiger partial charge in [-0.2, -0.15) is 5.10 Å². The summed E-state index contributed by atoms with van der Waals surface area (Å²) in [5.41, 5.74) is 7.59. The van der Waals surface area contributed by atoms with E-state index in [1.165, 1.54) is 0 Å². The second-order valence-corrected chi connectivity index (χ2v) is 4.93. The topological polar surface area (TPSA) is 91.8 Å². The molecule has 1 aromatic heterocycles. The first kappa shape index (κ1) is 13.7. The van der Waals surface area contributed by atoms with Crippen molar-refractivity contribution in [1.29, 1.82) is 5.41 Å². The number of nitrogens with zero attached hydrogens (tertiary/aromatic N) is 4. The molecule has 3 N–H and O–H groups in total. The smallest absolute Gasteiger partial charge is 0.245 e. The third kappa shape index (κ3) is 3.00. The molecule has 1 aromatic rings. The van der Waals surface area contributed by atoms with Crippen LogP contribution >= 0.6 is 0 Å². The molecule has 0 amide bonds. The standard InChI is InChI=1S/C13H22N6/c1-3-10-11(4-2)17-18-13(16-10)19-7-5-9(6-8-19)12(14)15/h9H,3-8H2,1-2H3,(H3,14,15). The molecule has 1 aliphatic rings. The fourth-order valence-corrected chi connectivity index (χ4v) is 2.45. The number of hydrogen-bond acceptors (Lipinski definition) is 5. The zero-order chi connectivity index (χ0) is 13.8. The summed E-state index contributed by atoms with van der Waals surface area (Å²) in [6, 6.07) is 0. The van der Waals surface area contributed by atoms with Crippen LogP contribution in [0.15, 0.2) is 0 Å². The Morgan fingerprint density at radius 3 is 2.37 bits per heavy atom. The van der Waals surface area contributed by atoms with Crippen molar-refractivity contribution in [3.05, 3.63) is 11.4 Å². The molecule has 0 aliphatic carbocycles. The molecule has 6 heteroatoms. The Morgan fingerprint density at radius 1 is 1.21 bits per heavy atom. The van der Waals surface area contributed by atoms with Crippen LogP contribution in [0.2, 0.25) is 0 Å². The number of nitrogens with one attached hydrogen (secondary N) is 1. The molecule has 0 radical (unpaired) electrons. The highest BCUT2D eigenvalue weighted by atomic mass is 15.3. The molecule has 1 fully saturated rings. The maximum Gasteiger partial charge on any atom is 0.245 e. The number of amidine groups is 1. The minimum atomic E-state index is 0.213. The number of aromatic nitrogens is 3. The van der Waals surface area contributed by atoms with Crippen LogP contribution in [0.25, 0.3) is 0 Å². The second-order valence-electron chi connectivity index (χ2n) is 4.93. The predicted octanol–water partition coefficient (Wildman–Crippen LogP) is 1.15. The largest absolute Gasteiger partial charge is 0.387 e. The fourth-order valence-electron chi connectivity index (χ4n) is 2.45. The molecule has 0 spiro atoms. The summed E-state index contributed by atoms with van der Waals surface area (Å²) >= 11 is 0. The highest BCUT2D eigenvalue weighted by Gasteiger charge is 2.23. The van der Waals surface area contributed by atoms with Gasteiger partial charge in [-0.1, -0.05) is 13.8 Å². The Labute approximate surface area is 113 Å². The van der Waals surface area contributed by atoms with Crippen molar-refractivity contribution in [2.45, 2.75) is 39.5 Å². The van der Waals surface area contributed by atoms with Gasteiger partial charge in [-0.15, -0.1) is 5.10 Å². The van der Waals surface area contributed by atoms with Crippen molar-refractivity contribution in [2.75, 3.05) is 18.0 Å². The minimum Gasteiger partial charge on any atom is -0.387 e. The van der Waals surface area contributed by atoms with Gasteiger partial charge in [0, 0.05) is 19.0 Å². The number of hydrogen-bond donors (Lipinski definition) is 2. The molecule has 2 rings (SSSR count). The molecular formula is C13H22N6. The molecule has 0 saturated carbocycles. The Balaban J connectivity index is 2.09. The monoisotopic (exact) mass is 262 g/mol. The molecule has 0 bridgehead atoms. The van der Waals surface area contributed by atoms with Crippen molar-refractivity contribution in [2.24, 2.45) is 11.7 Å². The SMILES string of the molecule is CCc1nnc(N2CCC(C(=N)N)CC2)nc1CC. The van der Waals surface area contributed by atoms with Crippen LogP contribution in [-0.2, 0) is 12.8 Å². The summed E-state index contributed by atoms with van der Waals surface area (Å²) in [5, 5.41) is 16.0. The second kappa shape index (κ2) is 5.95. The van der Waals surface area contributed by atoms with E-state index in [2.05, 4.69) is 33.9 Å². The lowest BCUT2D eigenvalue weighted by Crippen LogP contribution is -2.39. The third-order valence-electron chi connectivity index (χ3n) is 3.72. The summed E-state index contributed by atoms with van der Waals surface area (Å²) in [5.74, 6) is 1.23. The van der Waals surface area contributed by atoms with E-state index in [9.17, 15) is 0 Å². The summed E-state index contributed by atoms with van der Waals surface area (Å²) in [4.78, 5) is 6.77. The number of anilines is 1. The van der Waals surface area contributed by atoms with Crippen molar-refractivity contribution < 1.29 is 0 Å². The summed E-state index contributed by atoms with van der Waals surface area (Å²) in [6.07, 6.45) is 3.55. The average Bonchev–Trinajstić information content (AvgIpc) is 2.46. The van der Waals surface area contributed by atoms with Crippen LogP contribution in [0.4, 0.5) is 5.95 Å². The Morgan fingerprint density at radius 2 is 1.84 bits per heavy atom. The third-order valence-corrected chi connectivity index (χ3v) is 3.72. The maximum atomic E-state index is 7.49. The minimum absolute atomic E-state index is 0.213. The zero-order valence-electron chi connectivity index (χ0n) is 11.7.